The van der Waals surface area contributed by atoms with Crippen LogP contribution in [-0.2, 0) is 20.9 Å². The van der Waals surface area contributed by atoms with Gasteiger partial charge in [0.1, 0.15) is 17.2 Å². The number of rotatable bonds is 10. The number of hydrogen-bond donors (Lipinski definition) is 0. The third-order valence-electron chi connectivity index (χ3n) is 6.02. The van der Waals surface area contributed by atoms with E-state index in [4.69, 9.17) is 18.6 Å². The Morgan fingerprint density at radius 3 is 2.88 bits per heavy atom. The summed E-state index contributed by atoms with van der Waals surface area (Å²) in [5, 5.41) is 0. The number of allylic oxidation sites excluding steroid dienone is 1. The molecule has 0 amide bonds. The van der Waals surface area contributed by atoms with Crippen LogP contribution in [0, 0.1) is 12.8 Å². The standard InChI is InChI=1S/C26H35NO5/c1-5-20(26(28)30-6-2)14-13-19-9-7-12-23(15-19)31-17-24-18(3)32-25(27-24)21-10-8-11-22(16-21)29-4/h8,10-11,14,16,19,23H,5-7,9,12-13,15,17H2,1-4H3/t19-,23-/m1/s1. The van der Waals surface area contributed by atoms with E-state index < -0.39 is 0 Å². The highest BCUT2D eigenvalue weighted by atomic mass is 16.5. The van der Waals surface area contributed by atoms with Gasteiger partial charge in [0.15, 0.2) is 0 Å². The van der Waals surface area contributed by atoms with Gasteiger partial charge in [0.2, 0.25) is 5.89 Å². The van der Waals surface area contributed by atoms with Crippen molar-refractivity contribution in [3.05, 3.63) is 47.4 Å². The highest BCUT2D eigenvalue weighted by molar-refractivity contribution is 5.88. The molecule has 1 aliphatic carbocycles. The van der Waals surface area contributed by atoms with Gasteiger partial charge in [-0.15, -0.1) is 0 Å². The molecule has 174 valence electrons. The number of benzene rings is 1. The van der Waals surface area contributed by atoms with E-state index in [1.165, 1.54) is 6.42 Å². The number of aryl methyl sites for hydroxylation is 1. The van der Waals surface area contributed by atoms with Gasteiger partial charge in [0, 0.05) is 11.1 Å². The van der Waals surface area contributed by atoms with Gasteiger partial charge in [-0.05, 0) is 70.1 Å². The molecule has 1 saturated carbocycles. The fraction of sp³-hybridized carbons (Fsp3) is 0.538. The van der Waals surface area contributed by atoms with Gasteiger partial charge in [-0.25, -0.2) is 9.78 Å². The number of aromatic nitrogens is 1. The van der Waals surface area contributed by atoms with Crippen LogP contribution in [0.5, 0.6) is 5.75 Å². The monoisotopic (exact) mass is 441 g/mol. The molecule has 0 saturated heterocycles. The summed E-state index contributed by atoms with van der Waals surface area (Å²) in [6.45, 7) is 6.61. The second-order valence-electron chi connectivity index (χ2n) is 8.26. The van der Waals surface area contributed by atoms with Crippen LogP contribution < -0.4 is 4.74 Å². The Kier molecular flexibility index (Phi) is 8.91. The average molecular weight is 442 g/mol. The summed E-state index contributed by atoms with van der Waals surface area (Å²) in [5.74, 6) is 2.47. The number of ether oxygens (including phenoxy) is 3. The van der Waals surface area contributed by atoms with Crippen LogP contribution in [0.15, 0.2) is 40.3 Å². The predicted octanol–water partition coefficient (Wildman–Crippen LogP) is 6.02. The molecule has 0 aliphatic heterocycles. The maximum atomic E-state index is 12.0. The van der Waals surface area contributed by atoms with Gasteiger partial charge < -0.3 is 18.6 Å². The van der Waals surface area contributed by atoms with Crippen molar-refractivity contribution in [1.82, 2.24) is 4.98 Å². The Morgan fingerprint density at radius 1 is 1.28 bits per heavy atom. The van der Waals surface area contributed by atoms with Crippen LogP contribution in [0.1, 0.15) is 63.8 Å². The molecule has 0 unspecified atom stereocenters. The zero-order chi connectivity index (χ0) is 22.9. The van der Waals surface area contributed by atoms with Gasteiger partial charge in [0.05, 0.1) is 26.4 Å². The zero-order valence-corrected chi connectivity index (χ0v) is 19.7. The molecule has 1 fully saturated rings. The topological polar surface area (TPSA) is 70.8 Å². The summed E-state index contributed by atoms with van der Waals surface area (Å²) in [5.41, 5.74) is 2.50. The fourth-order valence-corrected chi connectivity index (χ4v) is 4.15. The minimum absolute atomic E-state index is 0.188. The quantitative estimate of drug-likeness (QED) is 0.331. The molecule has 2 atom stereocenters. The van der Waals surface area contributed by atoms with Gasteiger partial charge in [0.25, 0.3) is 0 Å². The van der Waals surface area contributed by atoms with E-state index in [1.54, 1.807) is 7.11 Å². The Bertz CT molecular complexity index is 917. The summed E-state index contributed by atoms with van der Waals surface area (Å²) in [6.07, 6.45) is 8.21. The van der Waals surface area contributed by atoms with E-state index in [0.717, 1.165) is 54.0 Å². The van der Waals surface area contributed by atoms with Crippen molar-refractivity contribution in [1.29, 1.82) is 0 Å². The lowest BCUT2D eigenvalue weighted by molar-refractivity contribution is -0.138. The molecule has 1 heterocycles. The summed E-state index contributed by atoms with van der Waals surface area (Å²) in [4.78, 5) is 16.7. The van der Waals surface area contributed by atoms with Crippen molar-refractivity contribution in [2.75, 3.05) is 13.7 Å². The van der Waals surface area contributed by atoms with E-state index in [1.807, 2.05) is 45.0 Å². The molecule has 3 rings (SSSR count). The smallest absolute Gasteiger partial charge is 0.333 e. The van der Waals surface area contributed by atoms with E-state index in [9.17, 15) is 4.79 Å². The fourth-order valence-electron chi connectivity index (χ4n) is 4.15. The molecular formula is C26H35NO5. The minimum atomic E-state index is -0.188. The lowest BCUT2D eigenvalue weighted by Gasteiger charge is -2.28. The molecule has 1 aliphatic rings. The summed E-state index contributed by atoms with van der Waals surface area (Å²) in [7, 11) is 1.65. The first-order valence-corrected chi connectivity index (χ1v) is 11.6. The molecule has 6 heteroatoms. The molecule has 6 nitrogen and oxygen atoms in total. The van der Waals surface area contributed by atoms with Crippen LogP contribution in [0.25, 0.3) is 11.5 Å². The Balaban J connectivity index is 1.55. The number of carbonyl (C=O) groups excluding carboxylic acids is 1. The number of nitrogens with zero attached hydrogens (tertiary/aromatic N) is 1. The second-order valence-corrected chi connectivity index (χ2v) is 8.26. The highest BCUT2D eigenvalue weighted by Gasteiger charge is 2.23. The van der Waals surface area contributed by atoms with E-state index in [0.29, 0.717) is 31.4 Å². The van der Waals surface area contributed by atoms with Crippen molar-refractivity contribution in [3.63, 3.8) is 0 Å². The minimum Gasteiger partial charge on any atom is -0.497 e. The molecule has 1 aromatic carbocycles. The first-order valence-electron chi connectivity index (χ1n) is 11.6. The molecular weight excluding hydrogens is 406 g/mol. The van der Waals surface area contributed by atoms with Crippen molar-refractivity contribution in [3.8, 4) is 17.2 Å². The number of hydrogen-bond acceptors (Lipinski definition) is 6. The van der Waals surface area contributed by atoms with Crippen LogP contribution >= 0.6 is 0 Å². The maximum absolute atomic E-state index is 12.0. The van der Waals surface area contributed by atoms with E-state index in [2.05, 4.69) is 11.1 Å². The lowest BCUT2D eigenvalue weighted by Crippen LogP contribution is -2.23. The van der Waals surface area contributed by atoms with Crippen LogP contribution in [0.4, 0.5) is 0 Å². The van der Waals surface area contributed by atoms with Gasteiger partial charge in [-0.3, -0.25) is 0 Å². The van der Waals surface area contributed by atoms with Crippen molar-refractivity contribution >= 4 is 5.97 Å². The molecule has 0 N–H and O–H groups in total. The van der Waals surface area contributed by atoms with Crippen LogP contribution in [0.3, 0.4) is 0 Å². The largest absolute Gasteiger partial charge is 0.497 e. The maximum Gasteiger partial charge on any atom is 0.333 e. The van der Waals surface area contributed by atoms with Crippen molar-refractivity contribution in [2.45, 2.75) is 72.0 Å². The van der Waals surface area contributed by atoms with Crippen LogP contribution in [-0.4, -0.2) is 30.8 Å². The molecule has 32 heavy (non-hydrogen) atoms. The third-order valence-corrected chi connectivity index (χ3v) is 6.02. The molecule has 0 bridgehead atoms. The lowest BCUT2D eigenvalue weighted by atomic mass is 9.84. The Labute approximate surface area is 191 Å². The molecule has 0 spiro atoms. The SMILES string of the molecule is CCOC(=O)C(=CC[C@H]1CCC[C@@H](OCc2nc(-c3cccc(OC)c3)oc2C)C1)CC. The molecule has 0 radical (unpaired) electrons. The first kappa shape index (κ1) is 24.1. The molecule has 2 aromatic rings. The van der Waals surface area contributed by atoms with Gasteiger partial charge in [-0.1, -0.05) is 25.5 Å². The normalized spacial score (nSPS) is 19.1. The first-order chi connectivity index (χ1) is 15.5. The number of oxazole rings is 1. The van der Waals surface area contributed by atoms with E-state index >= 15 is 0 Å². The second kappa shape index (κ2) is 11.9. The number of esters is 1. The van der Waals surface area contributed by atoms with Gasteiger partial charge in [-0.2, -0.15) is 0 Å². The Morgan fingerprint density at radius 2 is 2.12 bits per heavy atom. The van der Waals surface area contributed by atoms with Gasteiger partial charge >= 0.3 is 5.97 Å². The zero-order valence-electron chi connectivity index (χ0n) is 19.7. The Hall–Kier alpha value is -2.60. The highest BCUT2D eigenvalue weighted by Crippen LogP contribution is 2.31. The van der Waals surface area contributed by atoms with Crippen molar-refractivity contribution in [2.24, 2.45) is 5.92 Å². The summed E-state index contributed by atoms with van der Waals surface area (Å²) in [6, 6.07) is 7.69. The number of carbonyl (C=O) groups is 1. The molecule has 1 aromatic heterocycles. The third kappa shape index (κ3) is 6.45. The van der Waals surface area contributed by atoms with Crippen LogP contribution in [0.2, 0.25) is 0 Å². The summed E-state index contributed by atoms with van der Waals surface area (Å²) < 4.78 is 22.6. The van der Waals surface area contributed by atoms with Crippen molar-refractivity contribution < 1.29 is 23.4 Å². The number of methoxy groups -OCH3 is 1. The summed E-state index contributed by atoms with van der Waals surface area (Å²) >= 11 is 0. The van der Waals surface area contributed by atoms with E-state index in [-0.39, 0.29) is 12.1 Å². The predicted molar refractivity (Wildman–Crippen MR) is 123 cm³/mol. The average Bonchev–Trinajstić information content (AvgIpc) is 3.19.